The Bertz CT molecular complexity index is 1050. The van der Waals surface area contributed by atoms with Crippen molar-refractivity contribution in [3.8, 4) is 0 Å². The first-order valence-corrected chi connectivity index (χ1v) is 11.7. The lowest BCUT2D eigenvalue weighted by Gasteiger charge is -2.33. The molecule has 0 atom stereocenters. The van der Waals surface area contributed by atoms with Gasteiger partial charge in [-0.25, -0.2) is 4.98 Å². The zero-order chi connectivity index (χ0) is 22.6. The Morgan fingerprint density at radius 3 is 2.70 bits per heavy atom. The summed E-state index contributed by atoms with van der Waals surface area (Å²) in [6.45, 7) is 6.61. The van der Waals surface area contributed by atoms with Crippen molar-refractivity contribution in [2.75, 3.05) is 51.2 Å². The molecular weight excluding hydrogens is 422 g/mol. The molecule has 0 aliphatic carbocycles. The second kappa shape index (κ2) is 9.84. The predicted molar refractivity (Wildman–Crippen MR) is 122 cm³/mol. The zero-order valence-electron chi connectivity index (χ0n) is 19.1. The Morgan fingerprint density at radius 1 is 1.12 bits per heavy atom. The van der Waals surface area contributed by atoms with Crippen molar-refractivity contribution in [3.63, 3.8) is 0 Å². The van der Waals surface area contributed by atoms with Gasteiger partial charge in [-0.05, 0) is 32.0 Å². The first kappa shape index (κ1) is 21.8. The van der Waals surface area contributed by atoms with Crippen LogP contribution in [0.2, 0.25) is 0 Å². The largest absolute Gasteiger partial charge is 0.451 e. The number of rotatable bonds is 7. The van der Waals surface area contributed by atoms with Crippen LogP contribution in [0, 0.1) is 0 Å². The average molecular weight is 454 g/mol. The molecule has 2 aliphatic rings. The van der Waals surface area contributed by atoms with Gasteiger partial charge in [0, 0.05) is 64.7 Å². The van der Waals surface area contributed by atoms with E-state index >= 15 is 0 Å². The number of amides is 1. The molecule has 3 aromatic heterocycles. The first-order valence-electron chi connectivity index (χ1n) is 11.7. The molecule has 2 fully saturated rings. The second-order valence-corrected chi connectivity index (χ2v) is 8.97. The van der Waals surface area contributed by atoms with Crippen molar-refractivity contribution in [2.45, 2.75) is 38.3 Å². The number of oxazole rings is 1. The quantitative estimate of drug-likeness (QED) is 0.549. The molecule has 2 aliphatic heterocycles. The molecule has 33 heavy (non-hydrogen) atoms. The van der Waals surface area contributed by atoms with Crippen LogP contribution in [0.1, 0.15) is 30.8 Å². The first-order chi connectivity index (χ1) is 16.1. The molecule has 5 heterocycles. The highest BCUT2D eigenvalue weighted by Crippen LogP contribution is 2.16. The minimum atomic E-state index is 0.0527. The number of aryl methyl sites for hydroxylation is 1. The minimum Gasteiger partial charge on any atom is -0.451 e. The Balaban J connectivity index is 1.11. The molecule has 1 amide bonds. The number of carbonyl (C=O) groups excluding carboxylic acids is 1. The number of likely N-dealkylation sites (N-methyl/N-ethyl adjacent to an activating group) is 1. The molecule has 0 saturated carbocycles. The number of anilines is 1. The molecule has 0 radical (unpaired) electrons. The number of nitrogens with one attached hydrogen (secondary N) is 1. The van der Waals surface area contributed by atoms with Crippen molar-refractivity contribution in [1.29, 1.82) is 0 Å². The van der Waals surface area contributed by atoms with Crippen LogP contribution >= 0.6 is 0 Å². The molecule has 0 aromatic carbocycles. The van der Waals surface area contributed by atoms with Gasteiger partial charge >= 0.3 is 0 Å². The Kier molecular flexibility index (Phi) is 6.49. The summed E-state index contributed by atoms with van der Waals surface area (Å²) in [6, 6.07) is 4.16. The summed E-state index contributed by atoms with van der Waals surface area (Å²) in [4.78, 5) is 23.7. The number of piperazine rings is 1. The summed E-state index contributed by atoms with van der Waals surface area (Å²) in [5, 5.41) is 16.5. The van der Waals surface area contributed by atoms with E-state index in [-0.39, 0.29) is 11.9 Å². The Hall–Kier alpha value is -3.05. The van der Waals surface area contributed by atoms with Crippen LogP contribution in [-0.2, 0) is 17.8 Å². The number of aromatic nitrogens is 5. The maximum absolute atomic E-state index is 12.6. The molecule has 0 spiro atoms. The highest BCUT2D eigenvalue weighted by molar-refractivity contribution is 5.76. The highest BCUT2D eigenvalue weighted by Gasteiger charge is 2.22. The lowest BCUT2D eigenvalue weighted by molar-refractivity contribution is -0.122. The van der Waals surface area contributed by atoms with E-state index in [1.165, 1.54) is 6.39 Å². The molecule has 1 N–H and O–H groups in total. The van der Waals surface area contributed by atoms with Crippen LogP contribution in [0.3, 0.4) is 0 Å². The number of fused-ring (bicyclic) bond motifs is 1. The molecule has 0 bridgehead atoms. The van der Waals surface area contributed by atoms with Gasteiger partial charge in [0.25, 0.3) is 0 Å². The summed E-state index contributed by atoms with van der Waals surface area (Å²) >= 11 is 0. The van der Waals surface area contributed by atoms with Gasteiger partial charge in [-0.15, -0.1) is 15.3 Å². The maximum Gasteiger partial charge on any atom is 0.220 e. The van der Waals surface area contributed by atoms with E-state index < -0.39 is 0 Å². The van der Waals surface area contributed by atoms with Crippen molar-refractivity contribution in [3.05, 3.63) is 36.3 Å². The van der Waals surface area contributed by atoms with Gasteiger partial charge in [-0.1, -0.05) is 0 Å². The number of nitrogens with zero attached hydrogens (tertiary/aromatic N) is 8. The molecule has 176 valence electrons. The van der Waals surface area contributed by atoms with E-state index in [4.69, 9.17) is 9.52 Å². The number of hydrogen-bond acceptors (Lipinski definition) is 9. The van der Waals surface area contributed by atoms with E-state index in [1.807, 2.05) is 12.1 Å². The van der Waals surface area contributed by atoms with Gasteiger partial charge in [0.1, 0.15) is 12.1 Å². The summed E-state index contributed by atoms with van der Waals surface area (Å²) < 4.78 is 6.82. The second-order valence-electron chi connectivity index (χ2n) is 8.97. The summed E-state index contributed by atoms with van der Waals surface area (Å²) in [7, 11) is 2.14. The van der Waals surface area contributed by atoms with Gasteiger partial charge in [0.2, 0.25) is 5.91 Å². The van der Waals surface area contributed by atoms with E-state index in [1.54, 1.807) is 10.8 Å². The third kappa shape index (κ3) is 5.31. The van der Waals surface area contributed by atoms with Crippen LogP contribution < -0.4 is 10.2 Å². The lowest BCUT2D eigenvalue weighted by atomic mass is 10.0. The Morgan fingerprint density at radius 2 is 1.94 bits per heavy atom. The predicted octanol–water partition coefficient (Wildman–Crippen LogP) is 0.578. The number of likely N-dealkylation sites (tertiary alicyclic amines) is 1. The fraction of sp³-hybridized carbons (Fsp3) is 0.591. The van der Waals surface area contributed by atoms with Crippen molar-refractivity contribution in [1.82, 2.24) is 39.9 Å². The smallest absolute Gasteiger partial charge is 0.220 e. The fourth-order valence-corrected chi connectivity index (χ4v) is 4.49. The van der Waals surface area contributed by atoms with E-state index in [2.05, 4.69) is 42.2 Å². The SMILES string of the molecule is CN1CCN(c2ccc3nnc(CCC(=O)NC4CCN(Cc5cocn5)CC4)n3n2)CC1. The summed E-state index contributed by atoms with van der Waals surface area (Å²) in [5.74, 6) is 1.70. The van der Waals surface area contributed by atoms with Gasteiger partial charge in [0.05, 0.1) is 5.69 Å². The molecule has 11 nitrogen and oxygen atoms in total. The zero-order valence-corrected chi connectivity index (χ0v) is 19.1. The number of hydrogen-bond donors (Lipinski definition) is 1. The van der Waals surface area contributed by atoms with Crippen LogP contribution in [0.4, 0.5) is 5.82 Å². The molecule has 5 rings (SSSR count). The normalized spacial score (nSPS) is 18.8. The topological polar surface area (TPSA) is 108 Å². The fourth-order valence-electron chi connectivity index (χ4n) is 4.49. The van der Waals surface area contributed by atoms with E-state index in [0.717, 1.165) is 76.0 Å². The van der Waals surface area contributed by atoms with Gasteiger partial charge in [0.15, 0.2) is 17.9 Å². The molecule has 2 saturated heterocycles. The monoisotopic (exact) mass is 453 g/mol. The van der Waals surface area contributed by atoms with Crippen LogP contribution in [0.15, 0.2) is 29.2 Å². The molecule has 0 unspecified atom stereocenters. The number of piperidine rings is 1. The van der Waals surface area contributed by atoms with Gasteiger partial charge in [-0.2, -0.15) is 4.52 Å². The Labute approximate surface area is 192 Å². The van der Waals surface area contributed by atoms with E-state index in [9.17, 15) is 4.79 Å². The molecular formula is C22H31N9O2. The van der Waals surface area contributed by atoms with E-state index in [0.29, 0.717) is 18.5 Å². The minimum absolute atomic E-state index is 0.0527. The van der Waals surface area contributed by atoms with Crippen molar-refractivity contribution < 1.29 is 9.21 Å². The standard InChI is InChI=1S/C22H31N9O2/c1-28-10-12-30(13-11-28)21-3-2-19-25-26-20(31(19)27-21)4-5-22(32)24-17-6-8-29(9-7-17)14-18-15-33-16-23-18/h2-3,15-17H,4-14H2,1H3,(H,24,32). The maximum atomic E-state index is 12.6. The van der Waals surface area contributed by atoms with Gasteiger partial charge < -0.3 is 19.5 Å². The van der Waals surface area contributed by atoms with Crippen molar-refractivity contribution >= 4 is 17.4 Å². The number of carbonyl (C=O) groups is 1. The summed E-state index contributed by atoms with van der Waals surface area (Å²) in [6.07, 6.45) is 5.91. The molecule has 3 aromatic rings. The summed E-state index contributed by atoms with van der Waals surface area (Å²) in [5.41, 5.74) is 1.66. The van der Waals surface area contributed by atoms with Crippen LogP contribution in [0.5, 0.6) is 0 Å². The van der Waals surface area contributed by atoms with Crippen LogP contribution in [0.25, 0.3) is 5.65 Å². The average Bonchev–Trinajstić information content (AvgIpc) is 3.49. The highest BCUT2D eigenvalue weighted by atomic mass is 16.3. The lowest BCUT2D eigenvalue weighted by Crippen LogP contribution is -2.45. The van der Waals surface area contributed by atoms with Crippen LogP contribution in [-0.4, -0.2) is 92.9 Å². The molecule has 11 heteroatoms. The third-order valence-corrected chi connectivity index (χ3v) is 6.54. The van der Waals surface area contributed by atoms with Crippen molar-refractivity contribution in [2.24, 2.45) is 0 Å². The van der Waals surface area contributed by atoms with Gasteiger partial charge in [-0.3, -0.25) is 9.69 Å². The third-order valence-electron chi connectivity index (χ3n) is 6.54.